The molecule has 11 aromatic rings. The molecule has 0 unspecified atom stereocenters. The topological polar surface area (TPSA) is 19.6 Å². The zero-order valence-electron chi connectivity index (χ0n) is 33.5. The zero-order valence-corrected chi connectivity index (χ0v) is 33.5. The molecule has 1 aromatic heterocycles. The Balaban J connectivity index is 1.12. The number of aryl methyl sites for hydroxylation is 2. The van der Waals surface area contributed by atoms with E-state index in [2.05, 4.69) is 218 Å². The molecule has 1 aliphatic carbocycles. The van der Waals surface area contributed by atoms with Crippen LogP contribution in [0, 0.1) is 13.8 Å². The van der Waals surface area contributed by atoms with Gasteiger partial charge in [-0.15, -0.1) is 0 Å². The van der Waals surface area contributed by atoms with Gasteiger partial charge in [0.05, 0.1) is 11.4 Å². The van der Waals surface area contributed by atoms with Crippen LogP contribution in [0.15, 0.2) is 199 Å². The molecule has 12 rings (SSSR count). The SMILES string of the molecule is Cc1ccc2c(c1)-c1cc(N(c3ccccc3)c3cc4c5ccccc5c(N(c5ccccc5)c5ccc6oc7ccc(C)cc7c6c5)cc4c4ccccc34)ccc1C2. The molecule has 1 heterocycles. The first-order valence-electron chi connectivity index (χ1n) is 20.8. The van der Waals surface area contributed by atoms with Gasteiger partial charge in [-0.05, 0) is 143 Å². The first kappa shape index (κ1) is 34.4. The summed E-state index contributed by atoms with van der Waals surface area (Å²) in [6, 6.07) is 71.2. The van der Waals surface area contributed by atoms with Crippen LogP contribution in [0.1, 0.15) is 22.3 Å². The highest BCUT2D eigenvalue weighted by molar-refractivity contribution is 6.24. The fourth-order valence-corrected chi connectivity index (χ4v) is 9.72. The average molecular weight is 769 g/mol. The van der Waals surface area contributed by atoms with Crippen LogP contribution in [0.4, 0.5) is 34.1 Å². The summed E-state index contributed by atoms with van der Waals surface area (Å²) in [5.74, 6) is 0. The van der Waals surface area contributed by atoms with Gasteiger partial charge in [-0.1, -0.05) is 126 Å². The van der Waals surface area contributed by atoms with Crippen LogP contribution in [0.25, 0.3) is 65.4 Å². The van der Waals surface area contributed by atoms with Crippen molar-refractivity contribution in [3.63, 3.8) is 0 Å². The van der Waals surface area contributed by atoms with Gasteiger partial charge in [0, 0.05) is 44.3 Å². The average Bonchev–Trinajstić information content (AvgIpc) is 3.84. The minimum absolute atomic E-state index is 0.889. The fourth-order valence-electron chi connectivity index (χ4n) is 9.72. The van der Waals surface area contributed by atoms with E-state index in [1.54, 1.807) is 0 Å². The first-order valence-corrected chi connectivity index (χ1v) is 20.8. The van der Waals surface area contributed by atoms with Gasteiger partial charge in [-0.3, -0.25) is 0 Å². The van der Waals surface area contributed by atoms with Crippen molar-refractivity contribution in [2.75, 3.05) is 9.80 Å². The summed E-state index contributed by atoms with van der Waals surface area (Å²) in [7, 11) is 0. The van der Waals surface area contributed by atoms with Crippen molar-refractivity contribution in [3.8, 4) is 11.1 Å². The quantitative estimate of drug-likeness (QED) is 0.157. The van der Waals surface area contributed by atoms with Gasteiger partial charge >= 0.3 is 0 Å². The van der Waals surface area contributed by atoms with Crippen LogP contribution in [0.5, 0.6) is 0 Å². The highest BCUT2D eigenvalue weighted by atomic mass is 16.3. The maximum Gasteiger partial charge on any atom is 0.135 e. The van der Waals surface area contributed by atoms with Crippen molar-refractivity contribution in [1.29, 1.82) is 0 Å². The molecule has 3 heteroatoms. The van der Waals surface area contributed by atoms with Crippen LogP contribution in [-0.4, -0.2) is 0 Å². The molecule has 0 fully saturated rings. The van der Waals surface area contributed by atoms with Gasteiger partial charge in [0.2, 0.25) is 0 Å². The third-order valence-corrected chi connectivity index (χ3v) is 12.5. The van der Waals surface area contributed by atoms with Crippen molar-refractivity contribution in [2.45, 2.75) is 20.3 Å². The van der Waals surface area contributed by atoms with Crippen molar-refractivity contribution in [2.24, 2.45) is 0 Å². The third-order valence-electron chi connectivity index (χ3n) is 12.5. The summed E-state index contributed by atoms with van der Waals surface area (Å²) >= 11 is 0. The zero-order chi connectivity index (χ0) is 39.9. The molecule has 284 valence electrons. The van der Waals surface area contributed by atoms with Gasteiger partial charge in [0.15, 0.2) is 0 Å². The Morgan fingerprint density at radius 1 is 0.333 bits per heavy atom. The van der Waals surface area contributed by atoms with Crippen LogP contribution >= 0.6 is 0 Å². The summed E-state index contributed by atoms with van der Waals surface area (Å²) in [6.07, 6.45) is 0.968. The van der Waals surface area contributed by atoms with Crippen LogP contribution in [-0.2, 0) is 6.42 Å². The molecule has 0 saturated carbocycles. The molecule has 60 heavy (non-hydrogen) atoms. The number of rotatable bonds is 6. The number of benzene rings is 10. The third kappa shape index (κ3) is 5.43. The van der Waals surface area contributed by atoms with E-state index in [0.717, 1.165) is 62.5 Å². The standard InChI is InChI=1S/C57H40N2O/c1-36-21-23-38-31-39-24-25-42(32-49(39)48(38)29-36)58(40-13-5-3-6-14-40)54-34-50-45-18-10-12-20-47(45)55(35-51(50)44-17-9-11-19-46(44)54)59(41-15-7-4-8-16-41)43-26-28-57-53(33-43)52-30-37(2)22-27-56(52)60-57/h3-30,32-35H,31H2,1-2H3. The number of furan rings is 1. The molecule has 0 radical (unpaired) electrons. The summed E-state index contributed by atoms with van der Waals surface area (Å²) in [5, 5.41) is 9.45. The molecule has 0 aliphatic heterocycles. The van der Waals surface area contributed by atoms with Gasteiger partial charge in [-0.25, -0.2) is 0 Å². The second-order valence-electron chi connectivity index (χ2n) is 16.3. The lowest BCUT2D eigenvalue weighted by molar-refractivity contribution is 0.669. The van der Waals surface area contributed by atoms with E-state index < -0.39 is 0 Å². The molecule has 0 spiro atoms. The number of hydrogen-bond donors (Lipinski definition) is 0. The van der Waals surface area contributed by atoms with Crippen molar-refractivity contribution < 1.29 is 4.42 Å². The van der Waals surface area contributed by atoms with E-state index >= 15 is 0 Å². The van der Waals surface area contributed by atoms with E-state index in [1.165, 1.54) is 65.7 Å². The predicted octanol–water partition coefficient (Wildman–Crippen LogP) is 16.2. The lowest BCUT2D eigenvalue weighted by Gasteiger charge is -2.30. The second kappa shape index (κ2) is 13.5. The highest BCUT2D eigenvalue weighted by Crippen LogP contribution is 2.49. The van der Waals surface area contributed by atoms with Crippen molar-refractivity contribution in [1.82, 2.24) is 0 Å². The van der Waals surface area contributed by atoms with Gasteiger partial charge < -0.3 is 14.2 Å². The normalized spacial score (nSPS) is 12.1. The Labute approximate surface area is 349 Å². The van der Waals surface area contributed by atoms with E-state index in [4.69, 9.17) is 4.42 Å². The minimum Gasteiger partial charge on any atom is -0.456 e. The smallest absolute Gasteiger partial charge is 0.135 e. The molecule has 1 aliphatic rings. The van der Waals surface area contributed by atoms with Crippen molar-refractivity contribution in [3.05, 3.63) is 216 Å². The number of hydrogen-bond acceptors (Lipinski definition) is 3. The largest absolute Gasteiger partial charge is 0.456 e. The molecule has 10 aromatic carbocycles. The lowest BCUT2D eigenvalue weighted by atomic mass is 9.93. The van der Waals surface area contributed by atoms with Crippen LogP contribution in [0.3, 0.4) is 0 Å². The molecule has 0 bridgehead atoms. The molecular formula is C57H40N2O. The Kier molecular flexibility index (Phi) is 7.73. The predicted molar refractivity (Wildman–Crippen MR) is 253 cm³/mol. The summed E-state index contributed by atoms with van der Waals surface area (Å²) < 4.78 is 6.34. The van der Waals surface area contributed by atoms with Crippen molar-refractivity contribution >= 4 is 88.4 Å². The first-order chi connectivity index (χ1) is 29.6. The van der Waals surface area contributed by atoms with Gasteiger partial charge in [0.1, 0.15) is 11.2 Å². The number of anilines is 6. The maximum atomic E-state index is 6.34. The number of nitrogens with zero attached hydrogens (tertiary/aromatic N) is 2. The summed E-state index contributed by atoms with van der Waals surface area (Å²) in [4.78, 5) is 4.87. The maximum absolute atomic E-state index is 6.34. The molecule has 0 atom stereocenters. The van der Waals surface area contributed by atoms with Crippen LogP contribution in [0.2, 0.25) is 0 Å². The summed E-state index contributed by atoms with van der Waals surface area (Å²) in [5.41, 5.74) is 16.5. The summed E-state index contributed by atoms with van der Waals surface area (Å²) in [6.45, 7) is 4.33. The lowest BCUT2D eigenvalue weighted by Crippen LogP contribution is -2.12. The molecular weight excluding hydrogens is 729 g/mol. The molecule has 0 N–H and O–H groups in total. The molecule has 3 nitrogen and oxygen atoms in total. The Morgan fingerprint density at radius 2 is 0.783 bits per heavy atom. The highest BCUT2D eigenvalue weighted by Gasteiger charge is 2.25. The second-order valence-corrected chi connectivity index (χ2v) is 16.3. The van der Waals surface area contributed by atoms with Crippen LogP contribution < -0.4 is 9.80 Å². The Hall–Kier alpha value is -7.62. The monoisotopic (exact) mass is 768 g/mol. The van der Waals surface area contributed by atoms with E-state index in [9.17, 15) is 0 Å². The van der Waals surface area contributed by atoms with E-state index in [-0.39, 0.29) is 0 Å². The minimum atomic E-state index is 0.889. The van der Waals surface area contributed by atoms with E-state index in [0.29, 0.717) is 0 Å². The molecule has 0 saturated heterocycles. The van der Waals surface area contributed by atoms with Gasteiger partial charge in [-0.2, -0.15) is 0 Å². The number of para-hydroxylation sites is 2. The molecule has 0 amide bonds. The Morgan fingerprint density at radius 3 is 1.40 bits per heavy atom. The van der Waals surface area contributed by atoms with Gasteiger partial charge in [0.25, 0.3) is 0 Å². The fraction of sp³-hybridized carbons (Fsp3) is 0.0526. The Bertz CT molecular complexity index is 3490. The van der Waals surface area contributed by atoms with E-state index in [1.807, 2.05) is 0 Å². The number of fused-ring (bicyclic) bond motifs is 11.